The highest BCUT2D eigenvalue weighted by Crippen LogP contribution is 2.25. The third kappa shape index (κ3) is 3.52. The topological polar surface area (TPSA) is 79.9 Å². The number of rotatable bonds is 5. The third-order valence-corrected chi connectivity index (χ3v) is 3.44. The van der Waals surface area contributed by atoms with E-state index in [1.54, 1.807) is 24.3 Å². The van der Waals surface area contributed by atoms with Crippen molar-refractivity contribution in [2.24, 2.45) is 0 Å². The van der Waals surface area contributed by atoms with Crippen LogP contribution in [0.5, 0.6) is 11.6 Å². The fraction of sp³-hybridized carbons (Fsp3) is 0.0625. The monoisotopic (exact) mass is 346 g/mol. The second kappa shape index (κ2) is 7.10. The molecule has 3 rings (SSSR count). The zero-order valence-corrected chi connectivity index (χ0v) is 13.0. The minimum absolute atomic E-state index is 0.0559. The fourth-order valence-corrected chi connectivity index (χ4v) is 2.15. The summed E-state index contributed by atoms with van der Waals surface area (Å²) in [6.07, 6.45) is 2.86. The number of nitrogens with zero attached hydrogens (tertiary/aromatic N) is 2. The number of benzene rings is 1. The molecule has 2 aromatic heterocycles. The first-order valence-electron chi connectivity index (χ1n) is 6.98. The molecular formula is C16H12ClFN4O2. The van der Waals surface area contributed by atoms with Crippen molar-refractivity contribution in [3.8, 4) is 11.6 Å². The van der Waals surface area contributed by atoms with Gasteiger partial charge in [0.15, 0.2) is 11.6 Å². The van der Waals surface area contributed by atoms with Gasteiger partial charge in [0.25, 0.3) is 5.91 Å². The number of H-pyrrole nitrogens is 1. The Bertz CT molecular complexity index is 869. The van der Waals surface area contributed by atoms with Gasteiger partial charge in [0.05, 0.1) is 11.2 Å². The van der Waals surface area contributed by atoms with Crippen molar-refractivity contribution in [1.29, 1.82) is 0 Å². The highest BCUT2D eigenvalue weighted by atomic mass is 35.5. The van der Waals surface area contributed by atoms with Crippen LogP contribution in [0.2, 0.25) is 5.02 Å². The molecule has 0 saturated carbocycles. The largest absolute Gasteiger partial charge is 0.436 e. The number of aromatic amines is 1. The van der Waals surface area contributed by atoms with Crippen molar-refractivity contribution in [3.63, 3.8) is 0 Å². The minimum atomic E-state index is -0.498. The van der Waals surface area contributed by atoms with Crippen LogP contribution in [0.15, 0.2) is 48.8 Å². The van der Waals surface area contributed by atoms with Gasteiger partial charge >= 0.3 is 0 Å². The lowest BCUT2D eigenvalue weighted by Gasteiger charge is -2.11. The van der Waals surface area contributed by atoms with Crippen molar-refractivity contribution in [2.75, 3.05) is 0 Å². The molecule has 1 amide bonds. The van der Waals surface area contributed by atoms with Gasteiger partial charge in [-0.1, -0.05) is 29.8 Å². The number of hydrogen-bond donors (Lipinski definition) is 2. The molecule has 3 aromatic rings. The molecular weight excluding hydrogens is 335 g/mol. The van der Waals surface area contributed by atoms with E-state index < -0.39 is 11.7 Å². The summed E-state index contributed by atoms with van der Waals surface area (Å²) in [4.78, 5) is 16.1. The highest BCUT2D eigenvalue weighted by molar-refractivity contribution is 6.33. The smallest absolute Gasteiger partial charge is 0.271 e. The average molecular weight is 347 g/mol. The van der Waals surface area contributed by atoms with E-state index in [4.69, 9.17) is 16.3 Å². The maximum atomic E-state index is 13.7. The number of carbonyl (C=O) groups is 1. The average Bonchev–Trinajstić information content (AvgIpc) is 3.02. The van der Waals surface area contributed by atoms with Crippen LogP contribution in [0.1, 0.15) is 16.1 Å². The van der Waals surface area contributed by atoms with Gasteiger partial charge in [-0.3, -0.25) is 9.89 Å². The van der Waals surface area contributed by atoms with Gasteiger partial charge in [0.2, 0.25) is 5.88 Å². The number of aromatic nitrogens is 3. The van der Waals surface area contributed by atoms with Gasteiger partial charge in [-0.05, 0) is 18.2 Å². The maximum absolute atomic E-state index is 13.7. The summed E-state index contributed by atoms with van der Waals surface area (Å²) in [5, 5.41) is 9.10. The third-order valence-electron chi connectivity index (χ3n) is 3.15. The van der Waals surface area contributed by atoms with Gasteiger partial charge in [-0.2, -0.15) is 5.10 Å². The molecule has 0 radical (unpaired) electrons. The van der Waals surface area contributed by atoms with Crippen LogP contribution in [0.3, 0.4) is 0 Å². The molecule has 1 aromatic carbocycles. The van der Waals surface area contributed by atoms with E-state index in [2.05, 4.69) is 20.5 Å². The molecule has 6 nitrogen and oxygen atoms in total. The van der Waals surface area contributed by atoms with E-state index in [1.807, 2.05) is 0 Å². The standard InChI is InChI=1S/C16H12ClFN4O2/c17-11-9-21-22-14(11)15(23)20-8-10-4-3-7-19-16(10)24-13-6-2-1-5-12(13)18/h1-7,9H,8H2,(H,20,23)(H,21,22). The van der Waals surface area contributed by atoms with Crippen LogP contribution in [-0.4, -0.2) is 21.1 Å². The molecule has 24 heavy (non-hydrogen) atoms. The summed E-state index contributed by atoms with van der Waals surface area (Å²) in [7, 11) is 0. The number of ether oxygens (including phenoxy) is 1. The van der Waals surface area contributed by atoms with Crippen molar-refractivity contribution in [1.82, 2.24) is 20.5 Å². The Kier molecular flexibility index (Phi) is 4.72. The summed E-state index contributed by atoms with van der Waals surface area (Å²) in [6, 6.07) is 9.42. The SMILES string of the molecule is O=C(NCc1cccnc1Oc1ccccc1F)c1[nH]ncc1Cl. The van der Waals surface area contributed by atoms with Crippen LogP contribution in [0.4, 0.5) is 4.39 Å². The Balaban J connectivity index is 1.74. The minimum Gasteiger partial charge on any atom is -0.436 e. The Morgan fingerprint density at radius 3 is 2.88 bits per heavy atom. The van der Waals surface area contributed by atoms with E-state index in [1.165, 1.54) is 24.5 Å². The van der Waals surface area contributed by atoms with Crippen LogP contribution in [-0.2, 0) is 6.54 Å². The van der Waals surface area contributed by atoms with Crippen molar-refractivity contribution >= 4 is 17.5 Å². The summed E-state index contributed by atoms with van der Waals surface area (Å²) >= 11 is 5.84. The van der Waals surface area contributed by atoms with Crippen molar-refractivity contribution in [3.05, 3.63) is 70.9 Å². The molecule has 2 heterocycles. The van der Waals surface area contributed by atoms with Crippen molar-refractivity contribution < 1.29 is 13.9 Å². The zero-order chi connectivity index (χ0) is 16.9. The lowest BCUT2D eigenvalue weighted by Crippen LogP contribution is -2.23. The first kappa shape index (κ1) is 15.9. The molecule has 0 unspecified atom stereocenters. The summed E-state index contributed by atoms with van der Waals surface area (Å²) in [5.74, 6) is -0.653. The molecule has 0 aliphatic carbocycles. The summed E-state index contributed by atoms with van der Waals surface area (Å²) in [5.41, 5.74) is 0.752. The number of halogens is 2. The number of amides is 1. The maximum Gasteiger partial charge on any atom is 0.271 e. The molecule has 0 atom stereocenters. The summed E-state index contributed by atoms with van der Waals surface area (Å²) < 4.78 is 19.2. The second-order valence-electron chi connectivity index (χ2n) is 4.78. The van der Waals surface area contributed by atoms with E-state index >= 15 is 0 Å². The van der Waals surface area contributed by atoms with Crippen LogP contribution in [0, 0.1) is 5.82 Å². The molecule has 0 fully saturated rings. The molecule has 0 aliphatic rings. The predicted octanol–water partition coefficient (Wildman–Crippen LogP) is 3.32. The molecule has 0 saturated heterocycles. The zero-order valence-electron chi connectivity index (χ0n) is 12.3. The first-order chi connectivity index (χ1) is 11.6. The van der Waals surface area contributed by atoms with E-state index in [9.17, 15) is 9.18 Å². The van der Waals surface area contributed by atoms with E-state index in [-0.39, 0.29) is 28.9 Å². The lowest BCUT2D eigenvalue weighted by molar-refractivity contribution is 0.0946. The number of hydrogen-bond acceptors (Lipinski definition) is 4. The van der Waals surface area contributed by atoms with Crippen LogP contribution in [0.25, 0.3) is 0 Å². The Hall–Kier alpha value is -2.93. The van der Waals surface area contributed by atoms with Crippen molar-refractivity contribution in [2.45, 2.75) is 6.54 Å². The van der Waals surface area contributed by atoms with Gasteiger partial charge < -0.3 is 10.1 Å². The molecule has 122 valence electrons. The van der Waals surface area contributed by atoms with Gasteiger partial charge in [-0.15, -0.1) is 0 Å². The normalized spacial score (nSPS) is 10.4. The molecule has 0 bridgehead atoms. The quantitative estimate of drug-likeness (QED) is 0.742. The molecule has 0 spiro atoms. The van der Waals surface area contributed by atoms with Crippen LogP contribution >= 0.6 is 11.6 Å². The summed E-state index contributed by atoms with van der Waals surface area (Å²) in [6.45, 7) is 0.131. The number of carbonyl (C=O) groups excluding carboxylic acids is 1. The highest BCUT2D eigenvalue weighted by Gasteiger charge is 2.14. The number of para-hydroxylation sites is 1. The Morgan fingerprint density at radius 2 is 2.12 bits per heavy atom. The van der Waals surface area contributed by atoms with E-state index in [0.29, 0.717) is 5.56 Å². The number of nitrogens with one attached hydrogen (secondary N) is 2. The lowest BCUT2D eigenvalue weighted by atomic mass is 10.2. The fourth-order valence-electron chi connectivity index (χ4n) is 1.98. The Labute approximate surface area is 141 Å². The molecule has 0 aliphatic heterocycles. The van der Waals surface area contributed by atoms with Gasteiger partial charge in [-0.25, -0.2) is 9.37 Å². The first-order valence-corrected chi connectivity index (χ1v) is 7.36. The van der Waals surface area contributed by atoms with Gasteiger partial charge in [0.1, 0.15) is 5.69 Å². The Morgan fingerprint density at radius 1 is 1.29 bits per heavy atom. The predicted molar refractivity (Wildman–Crippen MR) is 85.5 cm³/mol. The van der Waals surface area contributed by atoms with Crippen LogP contribution < -0.4 is 10.1 Å². The second-order valence-corrected chi connectivity index (χ2v) is 5.18. The number of pyridine rings is 1. The molecule has 8 heteroatoms. The molecule has 2 N–H and O–H groups in total. The van der Waals surface area contributed by atoms with E-state index in [0.717, 1.165) is 0 Å². The van der Waals surface area contributed by atoms with Gasteiger partial charge in [0, 0.05) is 18.3 Å².